The van der Waals surface area contributed by atoms with Crippen molar-refractivity contribution >= 4 is 33.5 Å². The van der Waals surface area contributed by atoms with E-state index in [0.717, 1.165) is 5.56 Å². The third-order valence-corrected chi connectivity index (χ3v) is 4.90. The molecule has 0 aliphatic rings. The molecule has 1 amide bonds. The maximum Gasteiger partial charge on any atom is 0.263 e. The number of sulfonamides is 1. The zero-order valence-corrected chi connectivity index (χ0v) is 15.2. The molecule has 0 aliphatic heterocycles. The molecular weight excluding hydrogens is 366 g/mol. The van der Waals surface area contributed by atoms with Crippen LogP contribution >= 0.6 is 0 Å². The third kappa shape index (κ3) is 5.05. The van der Waals surface area contributed by atoms with Gasteiger partial charge in [0.15, 0.2) is 5.82 Å². The zero-order valence-electron chi connectivity index (χ0n) is 14.4. The molecule has 138 valence electrons. The maximum atomic E-state index is 12.3. The summed E-state index contributed by atoms with van der Waals surface area (Å²) in [5.41, 5.74) is 1.39. The summed E-state index contributed by atoms with van der Waals surface area (Å²) in [6, 6.07) is 16.7. The fourth-order valence-electron chi connectivity index (χ4n) is 2.25. The van der Waals surface area contributed by atoms with E-state index in [1.165, 1.54) is 36.4 Å². The average molecular weight is 383 g/mol. The summed E-state index contributed by atoms with van der Waals surface area (Å²) in [6.07, 6.45) is 3.10. The summed E-state index contributed by atoms with van der Waals surface area (Å²) in [5, 5.41) is 6.27. The second-order valence-corrected chi connectivity index (χ2v) is 7.37. The molecule has 0 spiro atoms. The molecule has 8 heteroatoms. The van der Waals surface area contributed by atoms with Crippen LogP contribution in [0.5, 0.6) is 0 Å². The van der Waals surface area contributed by atoms with Crippen molar-refractivity contribution < 1.29 is 17.7 Å². The standard InChI is InChI=1S/C19H17N3O4S/c1-14-13-18(21-26-14)22-27(24,25)17-10-8-16(9-11-17)20-19(23)12-7-15-5-3-2-4-6-15/h2-13H,1H3,(H,20,23)(H,21,22)/b12-7+. The molecule has 1 heterocycles. The normalized spacial score (nSPS) is 11.4. The SMILES string of the molecule is Cc1cc(NS(=O)(=O)c2ccc(NC(=O)/C=C/c3ccccc3)cc2)no1. The van der Waals surface area contributed by atoms with Gasteiger partial charge in [0.05, 0.1) is 4.90 Å². The predicted molar refractivity (Wildman–Crippen MR) is 103 cm³/mol. The van der Waals surface area contributed by atoms with Crippen molar-refractivity contribution in [1.82, 2.24) is 5.16 Å². The first-order valence-corrected chi connectivity index (χ1v) is 9.51. The fraction of sp³-hybridized carbons (Fsp3) is 0.0526. The molecule has 0 radical (unpaired) electrons. The quantitative estimate of drug-likeness (QED) is 0.635. The second kappa shape index (κ2) is 7.88. The summed E-state index contributed by atoms with van der Waals surface area (Å²) in [4.78, 5) is 12.0. The minimum absolute atomic E-state index is 0.0426. The number of rotatable bonds is 6. The van der Waals surface area contributed by atoms with Gasteiger partial charge in [-0.2, -0.15) is 0 Å². The van der Waals surface area contributed by atoms with E-state index in [1.54, 1.807) is 13.0 Å². The number of aryl methyl sites for hydroxylation is 1. The Hall–Kier alpha value is -3.39. The van der Waals surface area contributed by atoms with Crippen LogP contribution in [0.4, 0.5) is 11.5 Å². The lowest BCUT2D eigenvalue weighted by atomic mass is 10.2. The van der Waals surface area contributed by atoms with Gasteiger partial charge in [-0.25, -0.2) is 8.42 Å². The highest BCUT2D eigenvalue weighted by molar-refractivity contribution is 7.92. The van der Waals surface area contributed by atoms with Gasteiger partial charge in [0, 0.05) is 17.8 Å². The topological polar surface area (TPSA) is 101 Å². The molecule has 7 nitrogen and oxygen atoms in total. The van der Waals surface area contributed by atoms with Crippen molar-refractivity contribution in [3.63, 3.8) is 0 Å². The van der Waals surface area contributed by atoms with Crippen LogP contribution in [0.15, 0.2) is 76.2 Å². The van der Waals surface area contributed by atoms with Crippen molar-refractivity contribution in [2.24, 2.45) is 0 Å². The van der Waals surface area contributed by atoms with Gasteiger partial charge in [-0.3, -0.25) is 9.52 Å². The van der Waals surface area contributed by atoms with Gasteiger partial charge in [0.1, 0.15) is 5.76 Å². The maximum absolute atomic E-state index is 12.3. The minimum atomic E-state index is -3.79. The van der Waals surface area contributed by atoms with Crippen LogP contribution in [0.1, 0.15) is 11.3 Å². The van der Waals surface area contributed by atoms with E-state index in [9.17, 15) is 13.2 Å². The number of nitrogens with one attached hydrogen (secondary N) is 2. The first-order chi connectivity index (χ1) is 12.9. The first kappa shape index (κ1) is 18.4. The van der Waals surface area contributed by atoms with E-state index in [0.29, 0.717) is 11.4 Å². The summed E-state index contributed by atoms with van der Waals surface area (Å²) < 4.78 is 31.8. The third-order valence-electron chi connectivity index (χ3n) is 3.53. The summed E-state index contributed by atoms with van der Waals surface area (Å²) in [5.74, 6) is 0.288. The van der Waals surface area contributed by atoms with Crippen molar-refractivity contribution in [3.05, 3.63) is 78.1 Å². The monoisotopic (exact) mass is 383 g/mol. The highest BCUT2D eigenvalue weighted by atomic mass is 32.2. The lowest BCUT2D eigenvalue weighted by Crippen LogP contribution is -2.13. The first-order valence-electron chi connectivity index (χ1n) is 8.03. The van der Waals surface area contributed by atoms with Crippen LogP contribution < -0.4 is 10.0 Å². The molecule has 2 aromatic carbocycles. The largest absolute Gasteiger partial charge is 0.360 e. The molecule has 0 saturated carbocycles. The smallest absolute Gasteiger partial charge is 0.263 e. The summed E-state index contributed by atoms with van der Waals surface area (Å²) in [7, 11) is -3.79. The van der Waals surface area contributed by atoms with Crippen molar-refractivity contribution in [2.75, 3.05) is 10.0 Å². The Balaban J connectivity index is 1.64. The Labute approximate surface area is 156 Å². The predicted octanol–water partition coefficient (Wildman–Crippen LogP) is 3.44. The molecule has 3 rings (SSSR count). The molecule has 27 heavy (non-hydrogen) atoms. The van der Waals surface area contributed by atoms with Crippen LogP contribution in [0, 0.1) is 6.92 Å². The Morgan fingerprint density at radius 3 is 2.41 bits per heavy atom. The zero-order chi connectivity index (χ0) is 19.3. The molecule has 3 aromatic rings. The van der Waals surface area contributed by atoms with Gasteiger partial charge in [0.2, 0.25) is 5.91 Å². The van der Waals surface area contributed by atoms with E-state index in [-0.39, 0.29) is 16.6 Å². The number of aromatic nitrogens is 1. The molecule has 0 bridgehead atoms. The van der Waals surface area contributed by atoms with E-state index < -0.39 is 10.0 Å². The summed E-state index contributed by atoms with van der Waals surface area (Å²) in [6.45, 7) is 1.66. The van der Waals surface area contributed by atoms with E-state index in [1.807, 2.05) is 30.3 Å². The van der Waals surface area contributed by atoms with Gasteiger partial charge >= 0.3 is 0 Å². The molecule has 0 atom stereocenters. The Morgan fingerprint density at radius 2 is 1.78 bits per heavy atom. The minimum Gasteiger partial charge on any atom is -0.360 e. The Kier molecular flexibility index (Phi) is 5.37. The number of benzene rings is 2. The number of hydrogen-bond donors (Lipinski definition) is 2. The fourth-order valence-corrected chi connectivity index (χ4v) is 3.23. The van der Waals surface area contributed by atoms with Crippen LogP contribution in [-0.4, -0.2) is 19.5 Å². The number of carbonyl (C=O) groups is 1. The van der Waals surface area contributed by atoms with Crippen LogP contribution in [0.25, 0.3) is 6.08 Å². The van der Waals surface area contributed by atoms with Gasteiger partial charge in [-0.15, -0.1) is 0 Å². The van der Waals surface area contributed by atoms with Crippen LogP contribution in [0.2, 0.25) is 0 Å². The highest BCUT2D eigenvalue weighted by Gasteiger charge is 2.16. The van der Waals surface area contributed by atoms with E-state index in [2.05, 4.69) is 15.2 Å². The van der Waals surface area contributed by atoms with Gasteiger partial charge in [0.25, 0.3) is 10.0 Å². The van der Waals surface area contributed by atoms with Crippen LogP contribution in [-0.2, 0) is 14.8 Å². The molecule has 0 saturated heterocycles. The van der Waals surface area contributed by atoms with E-state index >= 15 is 0 Å². The number of hydrogen-bond acceptors (Lipinski definition) is 5. The van der Waals surface area contributed by atoms with Gasteiger partial charge < -0.3 is 9.84 Å². The number of anilines is 2. The van der Waals surface area contributed by atoms with Gasteiger partial charge in [-0.1, -0.05) is 35.5 Å². The summed E-state index contributed by atoms with van der Waals surface area (Å²) >= 11 is 0. The molecule has 0 unspecified atom stereocenters. The molecular formula is C19H17N3O4S. The molecule has 1 aromatic heterocycles. The lowest BCUT2D eigenvalue weighted by molar-refractivity contribution is -0.111. The van der Waals surface area contributed by atoms with Gasteiger partial charge in [-0.05, 0) is 42.8 Å². The Bertz CT molecular complexity index is 1060. The molecule has 2 N–H and O–H groups in total. The average Bonchev–Trinajstić information content (AvgIpc) is 3.05. The number of carbonyl (C=O) groups excluding carboxylic acids is 1. The Morgan fingerprint density at radius 1 is 1.07 bits per heavy atom. The number of amides is 1. The van der Waals surface area contributed by atoms with Crippen LogP contribution in [0.3, 0.4) is 0 Å². The van der Waals surface area contributed by atoms with E-state index in [4.69, 9.17) is 4.52 Å². The molecule has 0 aliphatic carbocycles. The van der Waals surface area contributed by atoms with Crippen molar-refractivity contribution in [2.45, 2.75) is 11.8 Å². The highest BCUT2D eigenvalue weighted by Crippen LogP contribution is 2.18. The lowest BCUT2D eigenvalue weighted by Gasteiger charge is -2.06. The van der Waals surface area contributed by atoms with Crippen molar-refractivity contribution in [1.29, 1.82) is 0 Å². The molecule has 0 fully saturated rings. The second-order valence-electron chi connectivity index (χ2n) is 5.69. The van der Waals surface area contributed by atoms with Crippen molar-refractivity contribution in [3.8, 4) is 0 Å². The number of nitrogens with zero attached hydrogens (tertiary/aromatic N) is 1.